The molecule has 0 aliphatic heterocycles. The Balaban J connectivity index is 0.00000140. The fraction of sp³-hybridized carbons (Fsp3) is 0.818. The van der Waals surface area contributed by atoms with Crippen molar-refractivity contribution in [2.24, 2.45) is 28.6 Å². The number of carbonyl (C=O) groups is 2. The normalized spacial score (nSPS) is 45.8. The van der Waals surface area contributed by atoms with E-state index in [2.05, 4.69) is 13.8 Å². The second kappa shape index (κ2) is 7.62. The number of hydrogen-bond acceptors (Lipinski definition) is 3. The number of fused-ring (bicyclic) bond motifs is 5. The molecule has 0 bridgehead atoms. The predicted octanol–water partition coefficient (Wildman–Crippen LogP) is 1.23. The molecule has 0 radical (unpaired) electrons. The van der Waals surface area contributed by atoms with Crippen LogP contribution in [-0.2, 0) is 9.59 Å². The molecule has 0 aromatic heterocycles. The molecule has 4 nitrogen and oxygen atoms in total. The molecule has 0 unspecified atom stereocenters. The van der Waals surface area contributed by atoms with Crippen molar-refractivity contribution < 1.29 is 72.6 Å². The summed E-state index contributed by atoms with van der Waals surface area (Å²) >= 11 is 0. The molecule has 0 aromatic carbocycles. The van der Waals surface area contributed by atoms with E-state index in [-0.39, 0.29) is 70.1 Å². The van der Waals surface area contributed by atoms with Crippen LogP contribution in [0, 0.1) is 28.6 Å². The smallest absolute Gasteiger partial charge is 1.00 e. The first-order chi connectivity index (χ1) is 12.2. The number of carboxylic acid groups (broad SMARTS) is 1. The molecule has 4 aliphatic rings. The van der Waals surface area contributed by atoms with Crippen LogP contribution in [0.5, 0.6) is 0 Å². The molecule has 0 amide bonds. The second-order valence-electron chi connectivity index (χ2n) is 9.89. The van der Waals surface area contributed by atoms with Gasteiger partial charge in [-0.2, -0.15) is 0 Å². The van der Waals surface area contributed by atoms with Gasteiger partial charge in [0.05, 0.1) is 5.60 Å². The molecule has 3 fully saturated rings. The van der Waals surface area contributed by atoms with Gasteiger partial charge in [-0.15, -0.1) is 0 Å². The molecule has 4 aliphatic carbocycles. The predicted molar refractivity (Wildman–Crippen MR) is 99.6 cm³/mol. The minimum atomic E-state index is -0.833. The van der Waals surface area contributed by atoms with Crippen molar-refractivity contribution in [3.05, 3.63) is 11.6 Å². The number of ketones is 1. The maximum absolute atomic E-state index is 11.9. The Labute approximate surface area is 206 Å². The summed E-state index contributed by atoms with van der Waals surface area (Å²) in [4.78, 5) is 23.0. The van der Waals surface area contributed by atoms with E-state index in [0.717, 1.165) is 44.9 Å². The number of aliphatic hydroxyl groups is 1. The van der Waals surface area contributed by atoms with Gasteiger partial charge in [-0.25, -0.2) is 0 Å². The topological polar surface area (TPSA) is 74.6 Å². The number of carboxylic acids is 1. The largest absolute Gasteiger partial charge is 1.00 e. The van der Waals surface area contributed by atoms with E-state index in [4.69, 9.17) is 5.11 Å². The van der Waals surface area contributed by atoms with Crippen molar-refractivity contribution in [2.45, 2.75) is 83.7 Å². The Bertz CT molecular complexity index is 679. The first-order valence-corrected chi connectivity index (χ1v) is 10.4. The van der Waals surface area contributed by atoms with Gasteiger partial charge in [-0.1, -0.05) is 19.4 Å². The SMILES string of the molecule is C[C@]12CCC(=O)C=C1CC[C@@H]1[C@@H]2CC[C@@]2(C)[C@H]1CC[C@]2(O)CCC(=O)O.[H-].[K+]. The summed E-state index contributed by atoms with van der Waals surface area (Å²) in [5.74, 6) is 1.17. The van der Waals surface area contributed by atoms with Crippen molar-refractivity contribution in [2.75, 3.05) is 0 Å². The zero-order valence-corrected chi connectivity index (χ0v) is 20.2. The zero-order chi connectivity index (χ0) is 18.7. The minimum absolute atomic E-state index is 0. The fourth-order valence-corrected chi connectivity index (χ4v) is 7.39. The average Bonchev–Trinajstić information content (AvgIpc) is 2.86. The Hall–Kier alpha value is 0.476. The fourth-order valence-electron chi connectivity index (χ4n) is 7.39. The van der Waals surface area contributed by atoms with Crippen molar-refractivity contribution in [3.8, 4) is 0 Å². The standard InChI is InChI=1S/C22H32O4.K.H/c1-20-9-5-15(23)13-14(20)3-4-16-17(20)6-10-21(2)18(16)7-11-22(21,26)12-8-19(24)25;;/h13,16-18,26H,3-12H2,1-2H3,(H,24,25);;/q;+1;-1/t16-,17+,18+,20+,21+,22+;;/m1../s1. The van der Waals surface area contributed by atoms with Gasteiger partial charge in [0, 0.05) is 12.8 Å². The molecular formula is C22H33KO4. The summed E-state index contributed by atoms with van der Waals surface area (Å²) in [6.45, 7) is 4.59. The summed E-state index contributed by atoms with van der Waals surface area (Å²) in [7, 11) is 0. The van der Waals surface area contributed by atoms with Crippen LogP contribution >= 0.6 is 0 Å². The van der Waals surface area contributed by atoms with Gasteiger partial charge < -0.3 is 11.6 Å². The van der Waals surface area contributed by atoms with Gasteiger partial charge in [0.25, 0.3) is 0 Å². The molecule has 27 heavy (non-hydrogen) atoms. The molecule has 0 heterocycles. The summed E-state index contributed by atoms with van der Waals surface area (Å²) in [5, 5.41) is 20.5. The summed E-state index contributed by atoms with van der Waals surface area (Å²) in [5.41, 5.74) is 0.532. The van der Waals surface area contributed by atoms with E-state index in [0.29, 0.717) is 36.4 Å². The monoisotopic (exact) mass is 400 g/mol. The van der Waals surface area contributed by atoms with Crippen molar-refractivity contribution in [1.29, 1.82) is 0 Å². The van der Waals surface area contributed by atoms with E-state index in [1.807, 2.05) is 6.08 Å². The molecule has 0 aromatic rings. The molecule has 5 heteroatoms. The Morgan fingerprint density at radius 2 is 1.85 bits per heavy atom. The first-order valence-electron chi connectivity index (χ1n) is 10.4. The van der Waals surface area contributed by atoms with Crippen LogP contribution in [0.4, 0.5) is 0 Å². The van der Waals surface area contributed by atoms with Crippen molar-refractivity contribution in [1.82, 2.24) is 0 Å². The number of hydrogen-bond donors (Lipinski definition) is 2. The average molecular weight is 401 g/mol. The summed E-state index contributed by atoms with van der Waals surface area (Å²) < 4.78 is 0. The third-order valence-electron chi connectivity index (χ3n) is 9.04. The molecule has 2 N–H and O–H groups in total. The maximum atomic E-state index is 11.9. The van der Waals surface area contributed by atoms with Gasteiger partial charge in [-0.3, -0.25) is 9.59 Å². The van der Waals surface area contributed by atoms with Gasteiger partial charge >= 0.3 is 57.4 Å². The molecule has 0 saturated heterocycles. The molecule has 3 saturated carbocycles. The minimum Gasteiger partial charge on any atom is -1.00 e. The van der Waals surface area contributed by atoms with Crippen LogP contribution in [0.25, 0.3) is 0 Å². The van der Waals surface area contributed by atoms with Gasteiger partial charge in [0.2, 0.25) is 0 Å². The second-order valence-corrected chi connectivity index (χ2v) is 9.89. The number of aliphatic carboxylic acids is 1. The third-order valence-corrected chi connectivity index (χ3v) is 9.04. The van der Waals surface area contributed by atoms with Crippen LogP contribution in [0.2, 0.25) is 0 Å². The van der Waals surface area contributed by atoms with Crippen LogP contribution < -0.4 is 51.4 Å². The van der Waals surface area contributed by atoms with Crippen molar-refractivity contribution in [3.63, 3.8) is 0 Å². The number of rotatable bonds is 3. The van der Waals surface area contributed by atoms with Crippen molar-refractivity contribution >= 4 is 11.8 Å². The van der Waals surface area contributed by atoms with Gasteiger partial charge in [0.15, 0.2) is 5.78 Å². The molecular weight excluding hydrogens is 367 g/mol. The van der Waals surface area contributed by atoms with E-state index in [1.165, 1.54) is 5.57 Å². The molecule has 4 rings (SSSR count). The van der Waals surface area contributed by atoms with Gasteiger partial charge in [-0.05, 0) is 86.0 Å². The summed E-state index contributed by atoms with van der Waals surface area (Å²) in [6, 6.07) is 0. The first kappa shape index (κ1) is 22.2. The van der Waals surface area contributed by atoms with Crippen LogP contribution in [0.1, 0.15) is 79.5 Å². The molecule has 146 valence electrons. The Morgan fingerprint density at radius 3 is 2.56 bits per heavy atom. The number of allylic oxidation sites excluding steroid dienone is 1. The number of carbonyl (C=O) groups excluding carboxylic acids is 1. The van der Waals surface area contributed by atoms with Crippen LogP contribution in [-0.4, -0.2) is 27.6 Å². The maximum Gasteiger partial charge on any atom is 1.00 e. The Kier molecular flexibility index (Phi) is 6.26. The quantitative estimate of drug-likeness (QED) is 0.699. The van der Waals surface area contributed by atoms with E-state index in [9.17, 15) is 14.7 Å². The van der Waals surface area contributed by atoms with Crippen LogP contribution in [0.3, 0.4) is 0 Å². The molecule has 6 atom stereocenters. The van der Waals surface area contributed by atoms with E-state index in [1.54, 1.807) is 0 Å². The third kappa shape index (κ3) is 3.38. The van der Waals surface area contributed by atoms with E-state index < -0.39 is 11.6 Å². The van der Waals surface area contributed by atoms with E-state index >= 15 is 0 Å². The zero-order valence-electron chi connectivity index (χ0n) is 18.1. The van der Waals surface area contributed by atoms with Crippen LogP contribution in [0.15, 0.2) is 11.6 Å². The molecule has 0 spiro atoms. The Morgan fingerprint density at radius 1 is 1.15 bits per heavy atom. The van der Waals surface area contributed by atoms with Gasteiger partial charge in [0.1, 0.15) is 0 Å². The summed E-state index contributed by atoms with van der Waals surface area (Å²) in [6.07, 6.45) is 9.98.